The number of hydrogen-bond acceptors (Lipinski definition) is 5. The second kappa shape index (κ2) is 7.68. The Kier molecular flexibility index (Phi) is 5.25. The van der Waals surface area contributed by atoms with E-state index in [1.165, 1.54) is 19.3 Å². The van der Waals surface area contributed by atoms with Crippen LogP contribution < -0.4 is 4.90 Å². The molecule has 1 aromatic rings. The Morgan fingerprint density at radius 2 is 1.82 bits per heavy atom. The minimum Gasteiger partial charge on any atom is -0.349 e. The van der Waals surface area contributed by atoms with E-state index in [9.17, 15) is 9.59 Å². The third-order valence-electron chi connectivity index (χ3n) is 6.50. The molecule has 2 aliphatic heterocycles. The first-order valence-corrected chi connectivity index (χ1v) is 10.5. The van der Waals surface area contributed by atoms with Crippen LogP contribution in [0.2, 0.25) is 0 Å². The van der Waals surface area contributed by atoms with Crippen molar-refractivity contribution in [3.63, 3.8) is 0 Å². The number of rotatable bonds is 4. The van der Waals surface area contributed by atoms with Crippen molar-refractivity contribution in [2.45, 2.75) is 38.5 Å². The van der Waals surface area contributed by atoms with Crippen LogP contribution in [0.25, 0.3) is 0 Å². The second-order valence-electron chi connectivity index (χ2n) is 8.84. The van der Waals surface area contributed by atoms with Crippen LogP contribution in [0.15, 0.2) is 12.3 Å². The van der Waals surface area contributed by atoms with Gasteiger partial charge in [0, 0.05) is 58.3 Å². The van der Waals surface area contributed by atoms with Gasteiger partial charge in [-0.25, -0.2) is 9.97 Å². The monoisotopic (exact) mass is 385 g/mol. The molecule has 3 heterocycles. The van der Waals surface area contributed by atoms with Crippen molar-refractivity contribution in [1.29, 1.82) is 0 Å². The van der Waals surface area contributed by atoms with Crippen LogP contribution in [-0.4, -0.2) is 71.9 Å². The van der Waals surface area contributed by atoms with Gasteiger partial charge in [0.15, 0.2) is 0 Å². The standard InChI is InChI=1S/C21H31N5O2/c1-14-11-15(14)20(28)26-12-16(17(13-26)19(27)24(2)3)18-7-8-22-21(23-18)25-9-5-4-6-10-25/h7-8,14-17H,4-6,9-13H2,1-3H3/t14-,15+,16+,17+/m1/s1. The highest BCUT2D eigenvalue weighted by molar-refractivity contribution is 5.85. The number of carbonyl (C=O) groups is 2. The van der Waals surface area contributed by atoms with Crippen molar-refractivity contribution >= 4 is 17.8 Å². The maximum absolute atomic E-state index is 12.9. The summed E-state index contributed by atoms with van der Waals surface area (Å²) in [4.78, 5) is 40.8. The molecule has 28 heavy (non-hydrogen) atoms. The van der Waals surface area contributed by atoms with E-state index in [2.05, 4.69) is 16.8 Å². The Labute approximate surface area is 167 Å². The number of aromatic nitrogens is 2. The molecular weight excluding hydrogens is 354 g/mol. The van der Waals surface area contributed by atoms with Crippen LogP contribution >= 0.6 is 0 Å². The van der Waals surface area contributed by atoms with Crippen LogP contribution in [0.5, 0.6) is 0 Å². The third kappa shape index (κ3) is 3.71. The zero-order chi connectivity index (χ0) is 19.8. The SMILES string of the molecule is C[C@@H]1C[C@@H]1C(=O)N1C[C@H](C(=O)N(C)C)[C@@H](c2ccnc(N3CCCCC3)n2)C1. The van der Waals surface area contributed by atoms with Crippen molar-refractivity contribution in [2.24, 2.45) is 17.8 Å². The molecular formula is C21H31N5O2. The van der Waals surface area contributed by atoms with Crippen molar-refractivity contribution in [3.05, 3.63) is 18.0 Å². The Hall–Kier alpha value is -2.18. The molecule has 0 bridgehead atoms. The highest BCUT2D eigenvalue weighted by atomic mass is 16.2. The Morgan fingerprint density at radius 3 is 2.46 bits per heavy atom. The molecule has 7 nitrogen and oxygen atoms in total. The Balaban J connectivity index is 1.58. The summed E-state index contributed by atoms with van der Waals surface area (Å²) in [5, 5.41) is 0. The minimum atomic E-state index is -0.239. The van der Waals surface area contributed by atoms with Gasteiger partial charge in [0.25, 0.3) is 0 Å². The first-order chi connectivity index (χ1) is 13.5. The molecule has 0 spiro atoms. The quantitative estimate of drug-likeness (QED) is 0.790. The van der Waals surface area contributed by atoms with Gasteiger partial charge in [-0.05, 0) is 37.7 Å². The molecule has 2 amide bonds. The first kappa shape index (κ1) is 19.2. The van der Waals surface area contributed by atoms with Crippen molar-refractivity contribution < 1.29 is 9.59 Å². The minimum absolute atomic E-state index is 0.0700. The summed E-state index contributed by atoms with van der Waals surface area (Å²) >= 11 is 0. The van der Waals surface area contributed by atoms with E-state index in [-0.39, 0.29) is 29.6 Å². The van der Waals surface area contributed by atoms with Gasteiger partial charge in [-0.3, -0.25) is 9.59 Å². The summed E-state index contributed by atoms with van der Waals surface area (Å²) in [6.07, 6.45) is 6.37. The molecule has 3 aliphatic rings. The molecule has 7 heteroatoms. The van der Waals surface area contributed by atoms with Crippen LogP contribution in [0, 0.1) is 17.8 Å². The number of carbonyl (C=O) groups excluding carboxylic acids is 2. The predicted octanol–water partition coefficient (Wildman–Crippen LogP) is 1.75. The topological polar surface area (TPSA) is 69.6 Å². The average molecular weight is 386 g/mol. The van der Waals surface area contributed by atoms with Gasteiger partial charge < -0.3 is 14.7 Å². The number of piperidine rings is 1. The molecule has 1 aromatic heterocycles. The normalized spacial score (nSPS) is 29.7. The molecule has 0 N–H and O–H groups in total. The van der Waals surface area contributed by atoms with Gasteiger partial charge in [0.05, 0.1) is 11.6 Å². The first-order valence-electron chi connectivity index (χ1n) is 10.5. The summed E-state index contributed by atoms with van der Waals surface area (Å²) in [5.74, 6) is 1.34. The van der Waals surface area contributed by atoms with E-state index in [0.29, 0.717) is 19.0 Å². The predicted molar refractivity (Wildman–Crippen MR) is 107 cm³/mol. The van der Waals surface area contributed by atoms with Gasteiger partial charge in [0.2, 0.25) is 17.8 Å². The molecule has 4 atom stereocenters. The van der Waals surface area contributed by atoms with Crippen molar-refractivity contribution in [1.82, 2.24) is 19.8 Å². The largest absolute Gasteiger partial charge is 0.349 e. The lowest BCUT2D eigenvalue weighted by atomic mass is 9.91. The number of amides is 2. The fourth-order valence-corrected chi connectivity index (χ4v) is 4.58. The van der Waals surface area contributed by atoms with Crippen LogP contribution in [0.1, 0.15) is 44.2 Å². The van der Waals surface area contributed by atoms with Gasteiger partial charge in [-0.15, -0.1) is 0 Å². The van der Waals surface area contributed by atoms with E-state index in [1.807, 2.05) is 11.0 Å². The van der Waals surface area contributed by atoms with Gasteiger partial charge in [0.1, 0.15) is 0 Å². The highest BCUT2D eigenvalue weighted by Gasteiger charge is 2.47. The molecule has 0 unspecified atom stereocenters. The highest BCUT2D eigenvalue weighted by Crippen LogP contribution is 2.42. The summed E-state index contributed by atoms with van der Waals surface area (Å²) in [6.45, 7) is 5.15. The molecule has 0 radical (unpaired) electrons. The zero-order valence-electron chi connectivity index (χ0n) is 17.2. The molecule has 152 valence electrons. The fraction of sp³-hybridized carbons (Fsp3) is 0.714. The van der Waals surface area contributed by atoms with Crippen LogP contribution in [0.3, 0.4) is 0 Å². The fourth-order valence-electron chi connectivity index (χ4n) is 4.58. The summed E-state index contributed by atoms with van der Waals surface area (Å²) in [6, 6.07) is 1.92. The van der Waals surface area contributed by atoms with Crippen molar-refractivity contribution in [3.8, 4) is 0 Å². The summed E-state index contributed by atoms with van der Waals surface area (Å²) < 4.78 is 0. The lowest BCUT2D eigenvalue weighted by Crippen LogP contribution is -2.35. The van der Waals surface area contributed by atoms with Crippen LogP contribution in [0.4, 0.5) is 5.95 Å². The Morgan fingerprint density at radius 1 is 1.11 bits per heavy atom. The van der Waals surface area contributed by atoms with E-state index in [4.69, 9.17) is 4.98 Å². The summed E-state index contributed by atoms with van der Waals surface area (Å²) in [5.41, 5.74) is 0.884. The Bertz CT molecular complexity index is 746. The summed E-state index contributed by atoms with van der Waals surface area (Å²) in [7, 11) is 3.57. The zero-order valence-corrected chi connectivity index (χ0v) is 17.2. The van der Waals surface area contributed by atoms with E-state index < -0.39 is 0 Å². The average Bonchev–Trinajstić information content (AvgIpc) is 3.28. The molecule has 0 aromatic carbocycles. The maximum atomic E-state index is 12.9. The molecule has 1 saturated carbocycles. The second-order valence-corrected chi connectivity index (χ2v) is 8.84. The smallest absolute Gasteiger partial charge is 0.227 e. The van der Waals surface area contributed by atoms with Crippen LogP contribution in [-0.2, 0) is 9.59 Å². The lowest BCUT2D eigenvalue weighted by molar-refractivity contribution is -0.134. The number of nitrogens with zero attached hydrogens (tertiary/aromatic N) is 5. The maximum Gasteiger partial charge on any atom is 0.227 e. The molecule has 3 fully saturated rings. The third-order valence-corrected chi connectivity index (χ3v) is 6.50. The van der Waals surface area contributed by atoms with Crippen molar-refractivity contribution in [2.75, 3.05) is 45.2 Å². The number of anilines is 1. The van der Waals surface area contributed by atoms with Gasteiger partial charge in [-0.2, -0.15) is 0 Å². The molecule has 4 rings (SSSR count). The number of hydrogen-bond donors (Lipinski definition) is 0. The van der Waals surface area contributed by atoms with E-state index in [1.54, 1.807) is 25.2 Å². The van der Waals surface area contributed by atoms with E-state index >= 15 is 0 Å². The van der Waals surface area contributed by atoms with E-state index in [0.717, 1.165) is 31.2 Å². The van der Waals surface area contributed by atoms with Gasteiger partial charge >= 0.3 is 0 Å². The molecule has 1 aliphatic carbocycles. The molecule has 2 saturated heterocycles. The number of likely N-dealkylation sites (tertiary alicyclic amines) is 1. The lowest BCUT2D eigenvalue weighted by Gasteiger charge is -2.27. The van der Waals surface area contributed by atoms with Gasteiger partial charge in [-0.1, -0.05) is 6.92 Å².